The average molecular weight is 427 g/mol. The van der Waals surface area contributed by atoms with Crippen LogP contribution < -0.4 is 5.56 Å². The number of carbonyl (C=O) groups excluding carboxylic acids is 1. The predicted molar refractivity (Wildman–Crippen MR) is 122 cm³/mol. The molecule has 0 spiro atoms. The van der Waals surface area contributed by atoms with Gasteiger partial charge in [0.2, 0.25) is 5.78 Å². The molecule has 6 nitrogen and oxygen atoms in total. The lowest BCUT2D eigenvalue weighted by atomic mass is 10.2. The SMILES string of the molecule is Cc1ccc(-n2c(=O)c3ccccc3n3c(SCC(=O)c4ccccc4)nnc23)cc1. The molecule has 0 saturated heterocycles. The second kappa shape index (κ2) is 7.85. The molecule has 3 aromatic carbocycles. The maximum absolute atomic E-state index is 13.3. The van der Waals surface area contributed by atoms with E-state index < -0.39 is 0 Å². The Balaban J connectivity index is 1.65. The highest BCUT2D eigenvalue weighted by Crippen LogP contribution is 2.24. The van der Waals surface area contributed by atoms with Gasteiger partial charge in [-0.1, -0.05) is 71.9 Å². The van der Waals surface area contributed by atoms with E-state index in [1.165, 1.54) is 11.8 Å². The van der Waals surface area contributed by atoms with Gasteiger partial charge in [-0.3, -0.25) is 14.0 Å². The maximum Gasteiger partial charge on any atom is 0.267 e. The lowest BCUT2D eigenvalue weighted by Crippen LogP contribution is -2.21. The van der Waals surface area contributed by atoms with Crippen LogP contribution in [0.5, 0.6) is 0 Å². The normalized spacial score (nSPS) is 11.3. The zero-order valence-electron chi connectivity index (χ0n) is 16.7. The van der Waals surface area contributed by atoms with Gasteiger partial charge >= 0.3 is 0 Å². The molecule has 5 aromatic rings. The summed E-state index contributed by atoms with van der Waals surface area (Å²) in [5.74, 6) is 0.656. The minimum Gasteiger partial charge on any atom is -0.293 e. The summed E-state index contributed by atoms with van der Waals surface area (Å²) in [6.07, 6.45) is 0. The van der Waals surface area contributed by atoms with Crippen molar-refractivity contribution in [1.29, 1.82) is 0 Å². The number of thioether (sulfide) groups is 1. The monoisotopic (exact) mass is 426 g/mol. The van der Waals surface area contributed by atoms with Crippen LogP contribution in [0, 0.1) is 6.92 Å². The quantitative estimate of drug-likeness (QED) is 0.309. The summed E-state index contributed by atoms with van der Waals surface area (Å²) in [6.45, 7) is 2.00. The molecule has 7 heteroatoms. The molecule has 0 bridgehead atoms. The van der Waals surface area contributed by atoms with E-state index in [1.54, 1.807) is 22.8 Å². The first kappa shape index (κ1) is 19.3. The van der Waals surface area contributed by atoms with Gasteiger partial charge in [0.1, 0.15) is 0 Å². The van der Waals surface area contributed by atoms with Gasteiger partial charge in [-0.2, -0.15) is 0 Å². The van der Waals surface area contributed by atoms with Crippen molar-refractivity contribution >= 4 is 34.2 Å². The number of para-hydroxylation sites is 1. The number of hydrogen-bond acceptors (Lipinski definition) is 5. The van der Waals surface area contributed by atoms with E-state index in [4.69, 9.17) is 0 Å². The van der Waals surface area contributed by atoms with Crippen molar-refractivity contribution in [1.82, 2.24) is 19.2 Å². The fraction of sp³-hybridized carbons (Fsp3) is 0.0833. The molecule has 0 saturated carbocycles. The Morgan fingerprint density at radius 1 is 0.903 bits per heavy atom. The van der Waals surface area contributed by atoms with E-state index in [2.05, 4.69) is 10.2 Å². The van der Waals surface area contributed by atoms with Crippen LogP contribution in [-0.2, 0) is 0 Å². The molecule has 0 fully saturated rings. The summed E-state index contributed by atoms with van der Waals surface area (Å²) < 4.78 is 3.41. The van der Waals surface area contributed by atoms with Crippen molar-refractivity contribution in [2.24, 2.45) is 0 Å². The van der Waals surface area contributed by atoms with E-state index in [0.29, 0.717) is 27.4 Å². The van der Waals surface area contributed by atoms with Gasteiger partial charge in [-0.15, -0.1) is 10.2 Å². The second-order valence-corrected chi connectivity index (χ2v) is 8.13. The number of ketones is 1. The number of aryl methyl sites for hydroxylation is 1. The maximum atomic E-state index is 13.3. The van der Waals surface area contributed by atoms with Crippen LogP contribution in [-0.4, -0.2) is 30.7 Å². The van der Waals surface area contributed by atoms with Gasteiger partial charge < -0.3 is 0 Å². The molecule has 0 radical (unpaired) electrons. The first-order valence-electron chi connectivity index (χ1n) is 9.80. The minimum absolute atomic E-state index is 0.0125. The van der Waals surface area contributed by atoms with Crippen molar-refractivity contribution in [2.75, 3.05) is 5.75 Å². The van der Waals surface area contributed by atoms with Crippen molar-refractivity contribution < 1.29 is 4.79 Å². The third-order valence-electron chi connectivity index (χ3n) is 5.12. The van der Waals surface area contributed by atoms with Crippen molar-refractivity contribution in [3.63, 3.8) is 0 Å². The van der Waals surface area contributed by atoms with Crippen LogP contribution in [0.1, 0.15) is 15.9 Å². The highest BCUT2D eigenvalue weighted by atomic mass is 32.2. The zero-order valence-corrected chi connectivity index (χ0v) is 17.5. The van der Waals surface area contributed by atoms with E-state index in [9.17, 15) is 9.59 Å². The first-order valence-corrected chi connectivity index (χ1v) is 10.8. The van der Waals surface area contributed by atoms with Crippen molar-refractivity contribution in [3.8, 4) is 5.69 Å². The molecule has 0 N–H and O–H groups in total. The summed E-state index contributed by atoms with van der Waals surface area (Å²) in [6, 6.07) is 24.3. The molecule has 2 aromatic heterocycles. The molecule has 31 heavy (non-hydrogen) atoms. The summed E-state index contributed by atoms with van der Waals surface area (Å²) in [4.78, 5) is 25.9. The molecule has 0 amide bonds. The summed E-state index contributed by atoms with van der Waals surface area (Å²) in [5, 5.41) is 9.77. The van der Waals surface area contributed by atoms with Crippen LogP contribution in [0.15, 0.2) is 88.8 Å². The number of fused-ring (bicyclic) bond motifs is 3. The van der Waals surface area contributed by atoms with E-state index in [-0.39, 0.29) is 17.1 Å². The van der Waals surface area contributed by atoms with Crippen LogP contribution >= 0.6 is 11.8 Å². The Labute approximate surface area is 182 Å². The molecule has 0 unspecified atom stereocenters. The summed E-state index contributed by atoms with van der Waals surface area (Å²) in [5.41, 5.74) is 3.04. The van der Waals surface area contributed by atoms with Gasteiger partial charge in [-0.25, -0.2) is 4.57 Å². The van der Waals surface area contributed by atoms with Crippen LogP contribution in [0.4, 0.5) is 0 Å². The molecule has 5 rings (SSSR count). The molecule has 0 atom stereocenters. The van der Waals surface area contributed by atoms with Gasteiger partial charge in [0.15, 0.2) is 10.9 Å². The zero-order chi connectivity index (χ0) is 21.4. The highest BCUT2D eigenvalue weighted by Gasteiger charge is 2.18. The largest absolute Gasteiger partial charge is 0.293 e. The molecule has 152 valence electrons. The van der Waals surface area contributed by atoms with Crippen LogP contribution in [0.3, 0.4) is 0 Å². The number of Topliss-reactive ketones (excluding diaryl/α,β-unsaturated/α-hetero) is 1. The Bertz CT molecular complexity index is 1470. The Hall–Kier alpha value is -3.71. The van der Waals surface area contributed by atoms with E-state index in [0.717, 1.165) is 11.3 Å². The van der Waals surface area contributed by atoms with Gasteiger partial charge in [0, 0.05) is 5.56 Å². The lowest BCUT2D eigenvalue weighted by molar-refractivity contribution is 0.102. The molecule has 2 heterocycles. The van der Waals surface area contributed by atoms with Crippen LogP contribution in [0.25, 0.3) is 22.4 Å². The number of benzene rings is 3. The number of aromatic nitrogens is 4. The number of rotatable bonds is 5. The molecular weight excluding hydrogens is 408 g/mol. The lowest BCUT2D eigenvalue weighted by Gasteiger charge is -2.11. The fourth-order valence-electron chi connectivity index (χ4n) is 3.54. The minimum atomic E-state index is -0.156. The van der Waals surface area contributed by atoms with Crippen molar-refractivity contribution in [2.45, 2.75) is 12.1 Å². The van der Waals surface area contributed by atoms with Crippen molar-refractivity contribution in [3.05, 3.63) is 100 Å². The fourth-order valence-corrected chi connectivity index (χ4v) is 4.37. The van der Waals surface area contributed by atoms with Gasteiger partial charge in [-0.05, 0) is 31.2 Å². The highest BCUT2D eigenvalue weighted by molar-refractivity contribution is 7.99. The number of hydrogen-bond donors (Lipinski definition) is 0. The van der Waals surface area contributed by atoms with E-state index in [1.807, 2.05) is 72.0 Å². The molecular formula is C24H18N4O2S. The Morgan fingerprint density at radius 2 is 1.61 bits per heavy atom. The van der Waals surface area contributed by atoms with E-state index >= 15 is 0 Å². The topological polar surface area (TPSA) is 69.3 Å². The third kappa shape index (κ3) is 3.43. The smallest absolute Gasteiger partial charge is 0.267 e. The Morgan fingerprint density at radius 3 is 2.39 bits per heavy atom. The first-order chi connectivity index (χ1) is 15.1. The third-order valence-corrected chi connectivity index (χ3v) is 6.04. The number of nitrogens with zero attached hydrogens (tertiary/aromatic N) is 4. The summed E-state index contributed by atoms with van der Waals surface area (Å²) >= 11 is 1.31. The van der Waals surface area contributed by atoms with Gasteiger partial charge in [0.25, 0.3) is 5.56 Å². The predicted octanol–water partition coefficient (Wildman–Crippen LogP) is 4.32. The van der Waals surface area contributed by atoms with Crippen LogP contribution in [0.2, 0.25) is 0 Å². The average Bonchev–Trinajstić information content (AvgIpc) is 3.23. The summed E-state index contributed by atoms with van der Waals surface area (Å²) in [7, 11) is 0. The number of carbonyl (C=O) groups is 1. The standard InChI is InChI=1S/C24H18N4O2S/c1-16-11-13-18(14-12-16)27-22(30)19-9-5-6-10-20(19)28-23(27)25-26-24(28)31-15-21(29)17-7-3-2-4-8-17/h2-14H,15H2,1H3. The van der Waals surface area contributed by atoms with Gasteiger partial charge in [0.05, 0.1) is 22.3 Å². The molecule has 0 aliphatic rings. The Kier molecular flexibility index (Phi) is 4.88. The second-order valence-electron chi connectivity index (χ2n) is 7.19. The molecule has 0 aliphatic heterocycles. The molecule has 0 aliphatic carbocycles.